The van der Waals surface area contributed by atoms with Gasteiger partial charge in [-0.25, -0.2) is 0 Å². The van der Waals surface area contributed by atoms with Crippen molar-refractivity contribution in [2.24, 2.45) is 0 Å². The lowest BCUT2D eigenvalue weighted by atomic mass is 10.0. The third kappa shape index (κ3) is 5.42. The first-order valence-corrected chi connectivity index (χ1v) is 11.2. The summed E-state index contributed by atoms with van der Waals surface area (Å²) in [4.78, 5) is 16.2. The molecule has 3 aromatic rings. The van der Waals surface area contributed by atoms with Gasteiger partial charge in [-0.2, -0.15) is 5.26 Å². The fourth-order valence-corrected chi connectivity index (χ4v) is 4.45. The number of carbonyl (C=O) groups excluding carboxylic acids is 1. The van der Waals surface area contributed by atoms with Crippen LogP contribution in [0.1, 0.15) is 28.3 Å². The number of amides is 1. The number of nitrogens with zero attached hydrogens (tertiary/aromatic N) is 1. The summed E-state index contributed by atoms with van der Waals surface area (Å²) in [7, 11) is 0. The maximum absolute atomic E-state index is 13.4. The summed E-state index contributed by atoms with van der Waals surface area (Å²) >= 11 is 0. The highest BCUT2D eigenvalue weighted by Crippen LogP contribution is 2.15. The maximum Gasteiger partial charge on any atom is 0.287 e. The van der Waals surface area contributed by atoms with Crippen LogP contribution < -0.4 is 15.1 Å². The summed E-state index contributed by atoms with van der Waals surface area (Å²) in [5, 5.41) is 12.1. The zero-order valence-electron chi connectivity index (χ0n) is 18.5. The van der Waals surface area contributed by atoms with Gasteiger partial charge in [-0.05, 0) is 31.2 Å². The molecule has 32 heavy (non-hydrogen) atoms. The summed E-state index contributed by atoms with van der Waals surface area (Å²) in [5.41, 5.74) is 5.02. The molecule has 5 nitrogen and oxygen atoms in total. The molecule has 3 N–H and O–H groups in total. The minimum absolute atomic E-state index is 0.0468. The molecule has 0 radical (unpaired) electrons. The van der Waals surface area contributed by atoms with Gasteiger partial charge in [0.2, 0.25) is 0 Å². The van der Waals surface area contributed by atoms with Crippen molar-refractivity contribution in [3.8, 4) is 6.07 Å². The van der Waals surface area contributed by atoms with Crippen molar-refractivity contribution in [3.05, 3.63) is 101 Å². The van der Waals surface area contributed by atoms with Gasteiger partial charge in [0.15, 0.2) is 6.04 Å². The van der Waals surface area contributed by atoms with Gasteiger partial charge >= 0.3 is 0 Å². The monoisotopic (exact) mass is 426 g/mol. The van der Waals surface area contributed by atoms with E-state index in [9.17, 15) is 4.79 Å². The lowest BCUT2D eigenvalue weighted by Gasteiger charge is -2.34. The number of quaternary nitrogens is 2. The van der Waals surface area contributed by atoms with Crippen LogP contribution in [0.25, 0.3) is 0 Å². The average molecular weight is 427 g/mol. The quantitative estimate of drug-likeness (QED) is 0.560. The van der Waals surface area contributed by atoms with Gasteiger partial charge in [-0.1, -0.05) is 60.2 Å². The van der Waals surface area contributed by atoms with Crippen molar-refractivity contribution in [2.45, 2.75) is 19.5 Å². The largest absolute Gasteiger partial charge is 0.322 e. The van der Waals surface area contributed by atoms with Crippen LogP contribution in [0.2, 0.25) is 0 Å². The van der Waals surface area contributed by atoms with Crippen LogP contribution in [-0.2, 0) is 11.3 Å². The van der Waals surface area contributed by atoms with Crippen molar-refractivity contribution >= 4 is 11.6 Å². The molecule has 0 bridgehead atoms. The molecule has 0 aliphatic carbocycles. The van der Waals surface area contributed by atoms with Crippen LogP contribution in [0.5, 0.6) is 0 Å². The van der Waals surface area contributed by atoms with E-state index in [2.05, 4.69) is 23.5 Å². The summed E-state index contributed by atoms with van der Waals surface area (Å²) in [6.45, 7) is 6.89. The Balaban J connectivity index is 1.43. The second kappa shape index (κ2) is 10.2. The number of benzene rings is 3. The molecule has 1 heterocycles. The van der Waals surface area contributed by atoms with E-state index in [-0.39, 0.29) is 11.9 Å². The zero-order chi connectivity index (χ0) is 22.3. The minimum atomic E-state index is -0.228. The third-order valence-electron chi connectivity index (χ3n) is 6.26. The van der Waals surface area contributed by atoms with E-state index in [1.807, 2.05) is 73.7 Å². The molecule has 1 fully saturated rings. The van der Waals surface area contributed by atoms with E-state index < -0.39 is 0 Å². The maximum atomic E-state index is 13.4. The van der Waals surface area contributed by atoms with E-state index in [0.717, 1.165) is 44.0 Å². The van der Waals surface area contributed by atoms with Gasteiger partial charge in [-0.15, -0.1) is 0 Å². The number of piperazine rings is 1. The highest BCUT2D eigenvalue weighted by Gasteiger charge is 2.35. The van der Waals surface area contributed by atoms with Crippen molar-refractivity contribution in [1.29, 1.82) is 5.26 Å². The highest BCUT2D eigenvalue weighted by molar-refractivity contribution is 5.94. The van der Waals surface area contributed by atoms with Crippen LogP contribution in [0.15, 0.2) is 78.9 Å². The molecule has 1 atom stereocenters. The third-order valence-corrected chi connectivity index (χ3v) is 6.26. The lowest BCUT2D eigenvalue weighted by molar-refractivity contribution is -1.03. The molecule has 5 heteroatoms. The predicted octanol–water partition coefficient (Wildman–Crippen LogP) is 1.53. The Morgan fingerprint density at radius 2 is 1.59 bits per heavy atom. The van der Waals surface area contributed by atoms with Gasteiger partial charge < -0.3 is 15.1 Å². The molecule has 0 unspecified atom stereocenters. The van der Waals surface area contributed by atoms with Crippen LogP contribution in [0.3, 0.4) is 0 Å². The van der Waals surface area contributed by atoms with Crippen LogP contribution in [-0.4, -0.2) is 32.1 Å². The Morgan fingerprint density at radius 3 is 2.22 bits per heavy atom. The Bertz CT molecular complexity index is 1060. The smallest absolute Gasteiger partial charge is 0.287 e. The number of aryl methyl sites for hydroxylation is 1. The molecule has 1 aliphatic rings. The summed E-state index contributed by atoms with van der Waals surface area (Å²) in [6.07, 6.45) is 0. The van der Waals surface area contributed by atoms with E-state index in [1.54, 1.807) is 0 Å². The molecule has 1 saturated heterocycles. The van der Waals surface area contributed by atoms with E-state index in [1.165, 1.54) is 20.9 Å². The van der Waals surface area contributed by atoms with Crippen molar-refractivity contribution in [2.75, 3.05) is 31.5 Å². The summed E-state index contributed by atoms with van der Waals surface area (Å²) < 4.78 is 0. The van der Waals surface area contributed by atoms with Crippen LogP contribution in [0, 0.1) is 18.3 Å². The predicted molar refractivity (Wildman–Crippen MR) is 125 cm³/mol. The lowest BCUT2D eigenvalue weighted by Crippen LogP contribution is -3.28. The number of anilines is 1. The van der Waals surface area contributed by atoms with Crippen LogP contribution >= 0.6 is 0 Å². The van der Waals surface area contributed by atoms with Crippen LogP contribution in [0.4, 0.5) is 5.69 Å². The first-order valence-electron chi connectivity index (χ1n) is 11.2. The molecule has 1 amide bonds. The fraction of sp³-hybridized carbons (Fsp3) is 0.259. The SMILES string of the molecule is Cc1ccc(NC(=O)[C@H](c2ccccc2)[NH+]2CC[NH+](Cc3ccc(C#N)cc3)CC2)cc1. The molecule has 4 rings (SSSR count). The number of hydrogen-bond donors (Lipinski definition) is 3. The zero-order valence-corrected chi connectivity index (χ0v) is 18.5. The molecule has 0 saturated carbocycles. The molecular formula is C27H30N4O+2. The second-order valence-electron chi connectivity index (χ2n) is 8.59. The van der Waals surface area contributed by atoms with Crippen molar-refractivity contribution in [1.82, 2.24) is 0 Å². The Labute approximate surface area is 189 Å². The first-order chi connectivity index (χ1) is 15.6. The number of hydrogen-bond acceptors (Lipinski definition) is 2. The standard InChI is InChI=1S/C27H28N4O/c1-21-7-13-25(14-8-21)29-27(32)26(24-5-3-2-4-6-24)31-17-15-30(16-18-31)20-23-11-9-22(19-28)10-12-23/h2-14,26H,15-18,20H2,1H3,(H,29,32)/p+2/t26-/m0/s1. The topological polar surface area (TPSA) is 61.8 Å². The van der Waals surface area contributed by atoms with Gasteiger partial charge in [0.25, 0.3) is 5.91 Å². The number of nitrogens with one attached hydrogen (secondary N) is 3. The summed E-state index contributed by atoms with van der Waals surface area (Å²) in [6, 6.07) is 27.9. The molecule has 1 aliphatic heterocycles. The highest BCUT2D eigenvalue weighted by atomic mass is 16.2. The Kier molecular flexibility index (Phi) is 6.96. The molecular weight excluding hydrogens is 396 g/mol. The number of carbonyl (C=O) groups is 1. The fourth-order valence-electron chi connectivity index (χ4n) is 4.45. The van der Waals surface area contributed by atoms with E-state index in [0.29, 0.717) is 5.56 Å². The number of rotatable bonds is 6. The van der Waals surface area contributed by atoms with Gasteiger partial charge in [-0.3, -0.25) is 4.79 Å². The molecule has 3 aromatic carbocycles. The van der Waals surface area contributed by atoms with Gasteiger partial charge in [0, 0.05) is 16.8 Å². The average Bonchev–Trinajstić information content (AvgIpc) is 2.83. The molecule has 0 aromatic heterocycles. The van der Waals surface area contributed by atoms with Crippen molar-refractivity contribution in [3.63, 3.8) is 0 Å². The van der Waals surface area contributed by atoms with Gasteiger partial charge in [0.05, 0.1) is 11.6 Å². The molecule has 0 spiro atoms. The normalized spacial score (nSPS) is 19.0. The Hall–Kier alpha value is -3.46. The van der Waals surface area contributed by atoms with E-state index in [4.69, 9.17) is 5.26 Å². The minimum Gasteiger partial charge on any atom is -0.322 e. The van der Waals surface area contributed by atoms with E-state index >= 15 is 0 Å². The van der Waals surface area contributed by atoms with Gasteiger partial charge in [0.1, 0.15) is 32.7 Å². The summed E-state index contributed by atoms with van der Waals surface area (Å²) in [5.74, 6) is 0.0468. The first kappa shape index (κ1) is 21.8. The molecule has 162 valence electrons. The number of nitriles is 1. The van der Waals surface area contributed by atoms with Crippen molar-refractivity contribution < 1.29 is 14.6 Å². The second-order valence-corrected chi connectivity index (χ2v) is 8.59. The Morgan fingerprint density at radius 1 is 0.938 bits per heavy atom.